The summed E-state index contributed by atoms with van der Waals surface area (Å²) in [5.74, 6) is -2.21. The fraction of sp³-hybridized carbons (Fsp3) is 0.904. The monoisotopic (exact) mass is 1420 g/mol. The Morgan fingerprint density at radius 1 is 0.418 bits per heavy atom. The lowest BCUT2D eigenvalue weighted by molar-refractivity contribution is -0.360. The van der Waals surface area contributed by atoms with Crippen LogP contribution in [0.2, 0.25) is 0 Å². The van der Waals surface area contributed by atoms with E-state index >= 15 is 0 Å². The molecule has 0 spiro atoms. The molecule has 0 aromatic carbocycles. The first-order valence-electron chi connectivity index (χ1n) is 38.2. The quantitative estimate of drug-likeness (QED) is 0.00673. The molecular weight excluding hydrogens is 1290 g/mol. The third-order valence-corrected chi connectivity index (χ3v) is 19.8. The molecule has 18 atom stereocenters. The number of aliphatic hydroxyl groups excluding tert-OH is 10. The van der Waals surface area contributed by atoms with Crippen LogP contribution in [0.5, 0.6) is 0 Å². The van der Waals surface area contributed by atoms with E-state index in [2.05, 4.69) is 20.8 Å². The molecule has 11 N–H and O–H groups in total. The molecule has 18 unspecified atom stereocenters. The molecule has 24 nitrogen and oxygen atoms in total. The molecule has 0 radical (unpaired) electrons. The molecule has 2 saturated heterocycles. The molecule has 0 aromatic rings. The van der Waals surface area contributed by atoms with Crippen LogP contribution in [0.4, 0.5) is 0 Å². The maximum atomic E-state index is 14.3. The number of carbonyl (C=O) groups excluding carboxylic acids is 3. The van der Waals surface area contributed by atoms with Crippen molar-refractivity contribution in [1.82, 2.24) is 0 Å². The molecule has 574 valence electrons. The second kappa shape index (κ2) is 55.0. The number of hydrogen-bond donors (Lipinski definition) is 11. The van der Waals surface area contributed by atoms with Crippen LogP contribution in [0.3, 0.4) is 0 Å². The van der Waals surface area contributed by atoms with Gasteiger partial charge in [0.05, 0.1) is 13.2 Å². The van der Waals surface area contributed by atoms with Gasteiger partial charge in [-0.3, -0.25) is 18.6 Å². The number of ether oxygens (including phenoxy) is 7. The number of phosphoric ester groups is 1. The summed E-state index contributed by atoms with van der Waals surface area (Å²) in [4.78, 5) is 50.9. The number of hydrogen-bond acceptors (Lipinski definition) is 23. The van der Waals surface area contributed by atoms with Gasteiger partial charge in [-0.15, -0.1) is 0 Å². The van der Waals surface area contributed by atoms with Crippen LogP contribution in [0.1, 0.15) is 290 Å². The van der Waals surface area contributed by atoms with Crippen molar-refractivity contribution in [2.45, 2.75) is 395 Å². The second-order valence-electron chi connectivity index (χ2n) is 27.4. The van der Waals surface area contributed by atoms with E-state index in [1.165, 1.54) is 160 Å². The lowest BCUT2D eigenvalue weighted by atomic mass is 9.84. The molecule has 3 aliphatic rings. The van der Waals surface area contributed by atoms with Crippen LogP contribution in [0.15, 0.2) is 24.3 Å². The summed E-state index contributed by atoms with van der Waals surface area (Å²) in [6.07, 6.45) is 15.9. The Balaban J connectivity index is 1.74. The Hall–Kier alpha value is -2.56. The number of phosphoric acid groups is 1. The lowest BCUT2D eigenvalue weighted by Crippen LogP contribution is -2.69. The number of rotatable bonds is 59. The molecular formula is C73H133O24P. The van der Waals surface area contributed by atoms with Gasteiger partial charge in [-0.1, -0.05) is 270 Å². The van der Waals surface area contributed by atoms with Gasteiger partial charge < -0.3 is 89.1 Å². The average Bonchev–Trinajstić information content (AvgIpc) is 0.761. The van der Waals surface area contributed by atoms with Gasteiger partial charge in [0.25, 0.3) is 0 Å². The van der Waals surface area contributed by atoms with E-state index in [4.69, 9.17) is 42.2 Å². The first-order valence-corrected chi connectivity index (χ1v) is 39.7. The average molecular weight is 1430 g/mol. The zero-order valence-corrected chi connectivity index (χ0v) is 60.7. The van der Waals surface area contributed by atoms with Crippen molar-refractivity contribution < 1.29 is 117 Å². The Morgan fingerprint density at radius 3 is 1.20 bits per heavy atom. The largest absolute Gasteiger partial charge is 0.472 e. The van der Waals surface area contributed by atoms with Crippen molar-refractivity contribution in [2.75, 3.05) is 26.4 Å². The van der Waals surface area contributed by atoms with Crippen LogP contribution in [0.25, 0.3) is 0 Å². The summed E-state index contributed by atoms with van der Waals surface area (Å²) >= 11 is 0. The van der Waals surface area contributed by atoms with E-state index in [1.807, 2.05) is 6.08 Å². The molecule has 3 rings (SSSR count). The lowest BCUT2D eigenvalue weighted by Gasteiger charge is -2.49. The molecule has 0 aromatic heterocycles. The molecule has 0 bridgehead atoms. The first-order chi connectivity index (χ1) is 47.3. The van der Waals surface area contributed by atoms with Crippen molar-refractivity contribution in [3.05, 3.63) is 24.3 Å². The first kappa shape index (κ1) is 89.7. The summed E-state index contributed by atoms with van der Waals surface area (Å²) in [7, 11) is -5.70. The molecule has 25 heteroatoms. The smallest absolute Gasteiger partial charge is 0.462 e. The minimum atomic E-state index is -5.70. The zero-order chi connectivity index (χ0) is 71.8. The molecule has 1 saturated carbocycles. The third-order valence-electron chi connectivity index (χ3n) is 18.8. The Kier molecular flexibility index (Phi) is 50.3. The van der Waals surface area contributed by atoms with E-state index in [1.54, 1.807) is 6.08 Å². The van der Waals surface area contributed by atoms with E-state index in [-0.39, 0.29) is 12.8 Å². The zero-order valence-electron chi connectivity index (χ0n) is 59.8. The summed E-state index contributed by atoms with van der Waals surface area (Å²) in [6, 6.07) is 0. The van der Waals surface area contributed by atoms with Gasteiger partial charge in [-0.2, -0.15) is 0 Å². The van der Waals surface area contributed by atoms with Gasteiger partial charge in [0.15, 0.2) is 18.7 Å². The molecule has 2 aliphatic heterocycles. The van der Waals surface area contributed by atoms with Gasteiger partial charge in [0.2, 0.25) is 0 Å². The normalized spacial score (nSPS) is 27.7. The predicted octanol–water partition coefficient (Wildman–Crippen LogP) is 10.5. The maximum Gasteiger partial charge on any atom is 0.472 e. The van der Waals surface area contributed by atoms with Crippen molar-refractivity contribution >= 4 is 25.7 Å². The van der Waals surface area contributed by atoms with E-state index < -0.39 is 156 Å². The topological polar surface area (TPSA) is 374 Å². The highest BCUT2D eigenvalue weighted by Gasteiger charge is 2.58. The van der Waals surface area contributed by atoms with Crippen LogP contribution >= 0.6 is 7.82 Å². The van der Waals surface area contributed by atoms with Crippen LogP contribution < -0.4 is 0 Å². The number of carbonyl (C=O) groups is 3. The van der Waals surface area contributed by atoms with Crippen molar-refractivity contribution in [1.29, 1.82) is 0 Å². The van der Waals surface area contributed by atoms with Crippen molar-refractivity contribution in [3.63, 3.8) is 0 Å². The van der Waals surface area contributed by atoms with Gasteiger partial charge in [-0.25, -0.2) is 9.36 Å². The van der Waals surface area contributed by atoms with Gasteiger partial charge in [-0.05, 0) is 25.7 Å². The van der Waals surface area contributed by atoms with E-state index in [0.717, 1.165) is 96.0 Å². The molecule has 3 fully saturated rings. The van der Waals surface area contributed by atoms with E-state index in [9.17, 15) is 74.9 Å². The molecule has 98 heavy (non-hydrogen) atoms. The highest BCUT2D eigenvalue weighted by molar-refractivity contribution is 7.47. The standard InChI is InChI=1S/C73H133O24P/c1-4-7-10-13-16-19-22-25-27-30-33-36-39-42-45-48-58(76)90-53-56-61(79)63(81)68(86)73(94-56)96-70-66(84)64(82)65(83)69(95-72-67(85)62(80)60(78)55(50-74)93-72)71(70)97-98(87,88)91-52-54(51-89-57(75)47-44-41-38-35-32-29-24-21-18-15-12-9-6-3)92-59(77)49-46-43-40-37-34-31-28-26-23-20-17-14-11-8-5-2/h39,42,45,48,54-56,60-74,78-86H,4-38,40-41,43-44,46-47,49-53H2,1-3H3,(H,87,88)/b42-39+,48-45+. The van der Waals surface area contributed by atoms with Crippen LogP contribution in [-0.4, -0.2) is 204 Å². The van der Waals surface area contributed by atoms with Gasteiger partial charge in [0, 0.05) is 18.9 Å². The van der Waals surface area contributed by atoms with Gasteiger partial charge in [0.1, 0.15) is 98.7 Å². The summed E-state index contributed by atoms with van der Waals surface area (Å²) in [6.45, 7) is 3.37. The molecule has 1 aliphatic carbocycles. The van der Waals surface area contributed by atoms with E-state index in [0.29, 0.717) is 12.8 Å². The second-order valence-corrected chi connectivity index (χ2v) is 28.9. The van der Waals surface area contributed by atoms with Crippen LogP contribution in [-0.2, 0) is 61.2 Å². The minimum Gasteiger partial charge on any atom is -0.462 e. The Bertz CT molecular complexity index is 2120. The molecule has 0 amide bonds. The summed E-state index contributed by atoms with van der Waals surface area (Å²) < 4.78 is 64.8. The number of esters is 3. The minimum absolute atomic E-state index is 0.0383. The Labute approximate surface area is 585 Å². The molecule has 2 heterocycles. The highest BCUT2D eigenvalue weighted by Crippen LogP contribution is 2.49. The Morgan fingerprint density at radius 2 is 0.786 bits per heavy atom. The predicted molar refractivity (Wildman–Crippen MR) is 370 cm³/mol. The fourth-order valence-corrected chi connectivity index (χ4v) is 13.6. The number of unbranched alkanes of at least 4 members (excludes halogenated alkanes) is 37. The highest BCUT2D eigenvalue weighted by atomic mass is 31.2. The number of aliphatic hydroxyl groups is 10. The van der Waals surface area contributed by atoms with Crippen LogP contribution in [0, 0.1) is 0 Å². The van der Waals surface area contributed by atoms with Gasteiger partial charge >= 0.3 is 25.7 Å². The number of allylic oxidation sites excluding steroid dienone is 3. The fourth-order valence-electron chi connectivity index (χ4n) is 12.6. The summed E-state index contributed by atoms with van der Waals surface area (Å²) in [5.41, 5.74) is 0. The van der Waals surface area contributed by atoms with Crippen molar-refractivity contribution in [2.24, 2.45) is 0 Å². The maximum absolute atomic E-state index is 14.3. The van der Waals surface area contributed by atoms with Crippen molar-refractivity contribution in [3.8, 4) is 0 Å². The third kappa shape index (κ3) is 37.7. The summed E-state index contributed by atoms with van der Waals surface area (Å²) in [5, 5.41) is 110. The SMILES string of the molecule is CCCCCCCCCCCCC/C=C/C=C/C(=O)OCC1OC(OC2C(O)C(O)C(O)C(OC3OC(CO)C(O)C(O)C3O)C2OP(=O)(O)OCC(COC(=O)CCCCCCCCCCCCCCC)OC(=O)CCCCCCCCCCCCCCCCC)C(O)C(O)C1O.